The largest absolute Gasteiger partial charge is 1.00 e. The van der Waals surface area contributed by atoms with Crippen LogP contribution >= 0.6 is 0 Å². The Morgan fingerprint density at radius 3 is 1.95 bits per heavy atom. The number of hydrogen-bond donors (Lipinski definition) is 0. The van der Waals surface area contributed by atoms with Gasteiger partial charge in [-0.1, -0.05) is 48.5 Å². The normalized spacial score (nSPS) is 11.6. The molecule has 0 aliphatic rings. The van der Waals surface area contributed by atoms with Gasteiger partial charge >= 0.3 is 0 Å². The van der Waals surface area contributed by atoms with E-state index in [1.807, 2.05) is 0 Å². The zero-order valence-corrected chi connectivity index (χ0v) is 14.4. The first-order valence-electron chi connectivity index (χ1n) is 6.74. The second-order valence-electron chi connectivity index (χ2n) is 6.25. The monoisotopic (exact) mass is 377 g/mol. The van der Waals surface area contributed by atoms with E-state index in [1.165, 1.54) is 27.1 Å². The van der Waals surface area contributed by atoms with Gasteiger partial charge in [0.15, 0.2) is 0 Å². The summed E-state index contributed by atoms with van der Waals surface area (Å²) in [4.78, 5) is 0. The average Bonchev–Trinajstić information content (AvgIpc) is 2.37. The fourth-order valence-corrected chi connectivity index (χ4v) is 2.77. The second-order valence-corrected chi connectivity index (χ2v) is 6.25. The molecule has 0 aromatic heterocycles. The van der Waals surface area contributed by atoms with Gasteiger partial charge in [0.25, 0.3) is 0 Å². The van der Waals surface area contributed by atoms with E-state index in [4.69, 9.17) is 0 Å². The summed E-state index contributed by atoms with van der Waals surface area (Å²) in [5, 5.41) is 5.44. The third kappa shape index (κ3) is 2.96. The van der Waals surface area contributed by atoms with Gasteiger partial charge in [-0.3, -0.25) is 0 Å². The maximum Gasteiger partial charge on any atom is 0.104 e. The van der Waals surface area contributed by atoms with Crippen LogP contribution in [0.5, 0.6) is 0 Å². The Hall–Kier alpha value is -1.13. The van der Waals surface area contributed by atoms with E-state index in [-0.39, 0.29) is 24.0 Å². The van der Waals surface area contributed by atoms with Crippen LogP contribution in [0.1, 0.15) is 5.56 Å². The van der Waals surface area contributed by atoms with Crippen molar-refractivity contribution in [3.05, 3.63) is 60.2 Å². The van der Waals surface area contributed by atoms with E-state index < -0.39 is 0 Å². The van der Waals surface area contributed by atoms with Crippen LogP contribution in [-0.2, 0) is 6.54 Å². The third-order valence-electron chi connectivity index (χ3n) is 3.50. The lowest BCUT2D eigenvalue weighted by molar-refractivity contribution is -0.883. The summed E-state index contributed by atoms with van der Waals surface area (Å²) in [6.07, 6.45) is 0. The topological polar surface area (TPSA) is 0 Å². The molecule has 0 spiro atoms. The van der Waals surface area contributed by atoms with Crippen molar-refractivity contribution >= 4 is 21.5 Å². The summed E-state index contributed by atoms with van der Waals surface area (Å²) >= 11 is 0. The number of benzene rings is 3. The quantitative estimate of drug-likeness (QED) is 0.358. The van der Waals surface area contributed by atoms with Crippen molar-refractivity contribution < 1.29 is 28.5 Å². The molecule has 0 radical (unpaired) electrons. The molecule has 0 atom stereocenters. The van der Waals surface area contributed by atoms with Crippen molar-refractivity contribution in [3.8, 4) is 0 Å². The van der Waals surface area contributed by atoms with E-state index in [1.54, 1.807) is 0 Å². The molecular formula is C18H20IN. The summed E-state index contributed by atoms with van der Waals surface area (Å²) in [7, 11) is 6.72. The Morgan fingerprint density at radius 2 is 1.30 bits per heavy atom. The number of nitrogens with zero attached hydrogens (tertiary/aromatic N) is 1. The lowest BCUT2D eigenvalue weighted by Gasteiger charge is -2.25. The zero-order chi connectivity index (χ0) is 13.5. The second kappa shape index (κ2) is 5.70. The number of rotatable bonds is 2. The molecule has 0 N–H and O–H groups in total. The molecule has 20 heavy (non-hydrogen) atoms. The van der Waals surface area contributed by atoms with Crippen LogP contribution in [0, 0.1) is 0 Å². The first kappa shape index (κ1) is 15.3. The molecule has 0 saturated heterocycles. The number of fused-ring (bicyclic) bond motifs is 3. The predicted octanol–water partition coefficient (Wildman–Crippen LogP) is 1.20. The molecule has 1 nitrogen and oxygen atoms in total. The lowest BCUT2D eigenvalue weighted by Crippen LogP contribution is -3.00. The summed E-state index contributed by atoms with van der Waals surface area (Å²) in [6.45, 7) is 1.05. The van der Waals surface area contributed by atoms with E-state index in [0.717, 1.165) is 11.0 Å². The van der Waals surface area contributed by atoms with E-state index in [2.05, 4.69) is 75.7 Å². The van der Waals surface area contributed by atoms with Crippen LogP contribution in [0.2, 0.25) is 0 Å². The van der Waals surface area contributed by atoms with Crippen molar-refractivity contribution in [2.75, 3.05) is 21.1 Å². The highest BCUT2D eigenvalue weighted by Crippen LogP contribution is 2.29. The maximum absolute atomic E-state index is 2.35. The highest BCUT2D eigenvalue weighted by molar-refractivity contribution is 6.08. The van der Waals surface area contributed by atoms with Crippen LogP contribution in [-0.4, -0.2) is 25.6 Å². The number of halogens is 1. The van der Waals surface area contributed by atoms with Crippen LogP contribution in [0.25, 0.3) is 21.5 Å². The maximum atomic E-state index is 2.35. The Morgan fingerprint density at radius 1 is 0.750 bits per heavy atom. The van der Waals surface area contributed by atoms with Gasteiger partial charge in [0.05, 0.1) is 21.1 Å². The van der Waals surface area contributed by atoms with Crippen molar-refractivity contribution in [3.63, 3.8) is 0 Å². The van der Waals surface area contributed by atoms with Crippen molar-refractivity contribution in [1.29, 1.82) is 0 Å². The Balaban J connectivity index is 0.00000147. The van der Waals surface area contributed by atoms with Crippen molar-refractivity contribution in [1.82, 2.24) is 0 Å². The summed E-state index contributed by atoms with van der Waals surface area (Å²) in [6, 6.07) is 19.8. The van der Waals surface area contributed by atoms with Crippen LogP contribution in [0.4, 0.5) is 0 Å². The van der Waals surface area contributed by atoms with E-state index >= 15 is 0 Å². The molecule has 0 heterocycles. The molecule has 3 aromatic carbocycles. The highest BCUT2D eigenvalue weighted by Gasteiger charge is 2.13. The molecule has 0 bridgehead atoms. The van der Waals surface area contributed by atoms with Crippen molar-refractivity contribution in [2.24, 2.45) is 0 Å². The van der Waals surface area contributed by atoms with Crippen LogP contribution in [0.3, 0.4) is 0 Å². The fourth-order valence-electron chi connectivity index (χ4n) is 2.77. The summed E-state index contributed by atoms with van der Waals surface area (Å²) in [5.41, 5.74) is 1.43. The van der Waals surface area contributed by atoms with Gasteiger partial charge in [0.2, 0.25) is 0 Å². The zero-order valence-electron chi connectivity index (χ0n) is 12.2. The molecule has 3 aromatic rings. The standard InChI is InChI=1S/C18H20N.HI/c1-19(2,3)13-15-12-14-8-4-5-9-16(14)18-11-7-6-10-17(15)18;/h4-12H,13H2,1-3H3;1H/q+1;/p-1. The molecule has 0 aliphatic carbocycles. The van der Waals surface area contributed by atoms with Gasteiger partial charge in [-0.25, -0.2) is 0 Å². The van der Waals surface area contributed by atoms with Crippen LogP contribution < -0.4 is 24.0 Å². The molecule has 0 saturated carbocycles. The predicted molar refractivity (Wildman–Crippen MR) is 83.2 cm³/mol. The summed E-state index contributed by atoms with van der Waals surface area (Å²) < 4.78 is 0.947. The number of quaternary nitrogens is 1. The lowest BCUT2D eigenvalue weighted by atomic mass is 9.97. The smallest absolute Gasteiger partial charge is 0.104 e. The molecule has 0 fully saturated rings. The van der Waals surface area contributed by atoms with Gasteiger partial charge in [0.1, 0.15) is 6.54 Å². The third-order valence-corrected chi connectivity index (χ3v) is 3.50. The van der Waals surface area contributed by atoms with Crippen LogP contribution in [0.15, 0.2) is 54.6 Å². The SMILES string of the molecule is C[N+](C)(C)Cc1cc2ccccc2c2ccccc12.[I-]. The first-order valence-corrected chi connectivity index (χ1v) is 6.74. The summed E-state index contributed by atoms with van der Waals surface area (Å²) in [5.74, 6) is 0. The Labute approximate surface area is 137 Å². The average molecular weight is 377 g/mol. The highest BCUT2D eigenvalue weighted by atomic mass is 127. The van der Waals surface area contributed by atoms with E-state index in [9.17, 15) is 0 Å². The molecule has 104 valence electrons. The number of hydrogen-bond acceptors (Lipinski definition) is 0. The molecule has 0 aliphatic heterocycles. The van der Waals surface area contributed by atoms with Gasteiger partial charge in [-0.05, 0) is 27.6 Å². The minimum atomic E-state index is 0. The Kier molecular flexibility index (Phi) is 4.35. The fraction of sp³-hybridized carbons (Fsp3) is 0.222. The van der Waals surface area contributed by atoms with Gasteiger partial charge in [-0.15, -0.1) is 0 Å². The molecule has 3 rings (SSSR count). The molecule has 0 amide bonds. The van der Waals surface area contributed by atoms with Gasteiger partial charge < -0.3 is 28.5 Å². The molecular weight excluding hydrogens is 357 g/mol. The molecule has 2 heteroatoms. The van der Waals surface area contributed by atoms with Gasteiger partial charge in [0, 0.05) is 5.56 Å². The van der Waals surface area contributed by atoms with E-state index in [0.29, 0.717) is 0 Å². The van der Waals surface area contributed by atoms with Gasteiger partial charge in [-0.2, -0.15) is 0 Å². The molecule has 0 unspecified atom stereocenters. The minimum Gasteiger partial charge on any atom is -1.00 e. The first-order chi connectivity index (χ1) is 9.04. The van der Waals surface area contributed by atoms with Crippen molar-refractivity contribution in [2.45, 2.75) is 6.54 Å². The Bertz CT molecular complexity index is 741. The minimum absolute atomic E-state index is 0.